The van der Waals surface area contributed by atoms with Gasteiger partial charge in [-0.25, -0.2) is 0 Å². The van der Waals surface area contributed by atoms with Crippen LogP contribution in [0.3, 0.4) is 0 Å². The molecule has 0 saturated heterocycles. The monoisotopic (exact) mass is 412 g/mol. The number of hydrogen-bond acceptors (Lipinski definition) is 5. The quantitative estimate of drug-likeness (QED) is 0.721. The number of hydrogen-bond donors (Lipinski definition) is 1. The molecule has 30 heavy (non-hydrogen) atoms. The number of amides is 1. The summed E-state index contributed by atoms with van der Waals surface area (Å²) in [6, 6.07) is 7.47. The largest absolute Gasteiger partial charge is 0.476 e. The summed E-state index contributed by atoms with van der Waals surface area (Å²) in [7, 11) is 3.22. The number of anilines is 1. The van der Waals surface area contributed by atoms with E-state index in [2.05, 4.69) is 9.88 Å². The number of pyridine rings is 1. The maximum Gasteiger partial charge on any atom is 0.227 e. The summed E-state index contributed by atoms with van der Waals surface area (Å²) in [5.41, 5.74) is 4.45. The van der Waals surface area contributed by atoms with Crippen molar-refractivity contribution in [1.82, 2.24) is 4.57 Å². The van der Waals surface area contributed by atoms with Crippen LogP contribution in [0.5, 0.6) is 5.88 Å². The molecule has 1 aromatic heterocycles. The van der Waals surface area contributed by atoms with E-state index in [1.54, 1.807) is 20.3 Å². The molecule has 4 rings (SSSR count). The van der Waals surface area contributed by atoms with Gasteiger partial charge >= 0.3 is 0 Å². The Morgan fingerprint density at radius 2 is 2.03 bits per heavy atom. The smallest absolute Gasteiger partial charge is 0.227 e. The number of aryl methyl sites for hydroxylation is 1. The molecule has 2 heterocycles. The van der Waals surface area contributed by atoms with Crippen molar-refractivity contribution in [2.75, 3.05) is 32.8 Å². The first-order valence-corrected chi connectivity index (χ1v) is 10.3. The van der Waals surface area contributed by atoms with Gasteiger partial charge in [0.25, 0.3) is 0 Å². The van der Waals surface area contributed by atoms with Crippen LogP contribution in [-0.4, -0.2) is 44.0 Å². The number of nitrogens with zero attached hydrogens (tertiary/aromatic N) is 1. The summed E-state index contributed by atoms with van der Waals surface area (Å²) in [4.78, 5) is 24.7. The fraction of sp³-hybridized carbons (Fsp3) is 0.478. The Labute approximate surface area is 175 Å². The molecule has 1 N–H and O–H groups in total. The average molecular weight is 412 g/mol. The van der Waals surface area contributed by atoms with Crippen LogP contribution in [0.4, 0.5) is 5.69 Å². The van der Waals surface area contributed by atoms with Gasteiger partial charge in [0.2, 0.25) is 5.91 Å². The van der Waals surface area contributed by atoms with Crippen LogP contribution in [0.2, 0.25) is 0 Å². The lowest BCUT2D eigenvalue weighted by Crippen LogP contribution is -2.28. The topological polar surface area (TPSA) is 78.8 Å². The van der Waals surface area contributed by atoms with Gasteiger partial charge in [-0.05, 0) is 43.9 Å². The van der Waals surface area contributed by atoms with E-state index in [1.807, 2.05) is 25.1 Å². The molecular weight excluding hydrogens is 384 g/mol. The average Bonchev–Trinajstić information content (AvgIpc) is 3.59. The predicted molar refractivity (Wildman–Crippen MR) is 114 cm³/mol. The van der Waals surface area contributed by atoms with Gasteiger partial charge in [0.15, 0.2) is 11.3 Å². The molecule has 1 fully saturated rings. The van der Waals surface area contributed by atoms with Crippen LogP contribution < -0.4 is 15.5 Å². The molecule has 2 aliphatic rings. The van der Waals surface area contributed by atoms with Crippen molar-refractivity contribution in [2.24, 2.45) is 5.92 Å². The van der Waals surface area contributed by atoms with E-state index in [0.29, 0.717) is 31.2 Å². The highest BCUT2D eigenvalue weighted by Gasteiger charge is 2.30. The molecule has 1 aliphatic carbocycles. The van der Waals surface area contributed by atoms with E-state index in [9.17, 15) is 9.59 Å². The number of methoxy groups -OCH3 is 2. The third kappa shape index (κ3) is 4.13. The summed E-state index contributed by atoms with van der Waals surface area (Å²) in [6.45, 7) is 3.25. The van der Waals surface area contributed by atoms with Gasteiger partial charge in [-0.3, -0.25) is 9.59 Å². The Balaban J connectivity index is 1.64. The Kier molecular flexibility index (Phi) is 5.92. The lowest BCUT2D eigenvalue weighted by molar-refractivity contribution is -0.117. The normalized spacial score (nSPS) is 15.8. The molecule has 1 aromatic carbocycles. The number of nitrogens with one attached hydrogen (secondary N) is 1. The van der Waals surface area contributed by atoms with Gasteiger partial charge in [0, 0.05) is 49.6 Å². The number of fused-ring (bicyclic) bond motifs is 3. The molecule has 160 valence electrons. The number of benzene rings is 1. The summed E-state index contributed by atoms with van der Waals surface area (Å²) in [6.07, 6.45) is 2.53. The molecule has 7 heteroatoms. The highest BCUT2D eigenvalue weighted by Crippen LogP contribution is 2.36. The number of aromatic nitrogens is 1. The van der Waals surface area contributed by atoms with Crippen molar-refractivity contribution in [3.8, 4) is 17.1 Å². The molecule has 1 aliphatic heterocycles. The minimum absolute atomic E-state index is 0.0593. The van der Waals surface area contributed by atoms with Crippen molar-refractivity contribution in [2.45, 2.75) is 38.8 Å². The van der Waals surface area contributed by atoms with Crippen LogP contribution in [0.25, 0.3) is 11.3 Å². The molecule has 0 unspecified atom stereocenters. The Hall–Kier alpha value is -2.64. The fourth-order valence-corrected chi connectivity index (χ4v) is 3.90. The van der Waals surface area contributed by atoms with Crippen LogP contribution in [0.15, 0.2) is 29.1 Å². The van der Waals surface area contributed by atoms with Gasteiger partial charge in [-0.15, -0.1) is 0 Å². The molecule has 0 radical (unpaired) electrons. The molecule has 0 bridgehead atoms. The Morgan fingerprint density at radius 3 is 2.73 bits per heavy atom. The summed E-state index contributed by atoms with van der Waals surface area (Å²) in [5.74, 6) is 0.796. The van der Waals surface area contributed by atoms with Crippen LogP contribution in [0, 0.1) is 12.8 Å². The van der Waals surface area contributed by atoms with Gasteiger partial charge in [-0.2, -0.15) is 0 Å². The first kappa shape index (κ1) is 20.6. The predicted octanol–water partition coefficient (Wildman–Crippen LogP) is 2.77. The van der Waals surface area contributed by atoms with Crippen molar-refractivity contribution in [3.05, 3.63) is 45.6 Å². The van der Waals surface area contributed by atoms with E-state index < -0.39 is 0 Å². The van der Waals surface area contributed by atoms with Crippen LogP contribution >= 0.6 is 0 Å². The lowest BCUT2D eigenvalue weighted by Gasteiger charge is -2.27. The van der Waals surface area contributed by atoms with Crippen molar-refractivity contribution < 1.29 is 19.0 Å². The van der Waals surface area contributed by atoms with Gasteiger partial charge < -0.3 is 24.1 Å². The third-order valence-corrected chi connectivity index (χ3v) is 5.80. The summed E-state index contributed by atoms with van der Waals surface area (Å²) in [5, 5.41) is 3.01. The Bertz CT molecular complexity index is 1010. The van der Waals surface area contributed by atoms with Crippen LogP contribution in [0.1, 0.15) is 24.0 Å². The second kappa shape index (κ2) is 8.62. The first-order chi connectivity index (χ1) is 14.5. The zero-order valence-electron chi connectivity index (χ0n) is 17.7. The highest BCUT2D eigenvalue weighted by atomic mass is 16.6. The van der Waals surface area contributed by atoms with Crippen molar-refractivity contribution in [1.29, 1.82) is 0 Å². The van der Waals surface area contributed by atoms with E-state index in [1.165, 1.54) is 0 Å². The first-order valence-electron chi connectivity index (χ1n) is 10.3. The van der Waals surface area contributed by atoms with E-state index in [-0.39, 0.29) is 23.4 Å². The Morgan fingerprint density at radius 1 is 1.23 bits per heavy atom. The minimum atomic E-state index is -0.212. The zero-order valence-corrected chi connectivity index (χ0v) is 17.7. The number of ether oxygens (including phenoxy) is 3. The molecular formula is C23H28N2O5. The maximum atomic E-state index is 12.6. The molecule has 1 saturated carbocycles. The van der Waals surface area contributed by atoms with Gasteiger partial charge in [0.1, 0.15) is 12.7 Å². The zero-order chi connectivity index (χ0) is 21.3. The SMILES string of the molecule is COC[C@@H](COc1cc(=O)c(C)c2n1CCc1cc(NC(=O)C3CC3)ccc1-2)OC. The van der Waals surface area contributed by atoms with E-state index >= 15 is 0 Å². The standard InChI is InChI=1S/C23H28N2O5/c1-14-20(26)11-21(30-13-18(29-3)12-28-2)25-9-8-16-10-17(6-7-19(16)22(14)25)24-23(27)15-4-5-15/h6-7,10-11,15,18H,4-5,8-9,12-13H2,1-3H3,(H,24,27)/t18-/m0/s1. The van der Waals surface area contributed by atoms with Crippen LogP contribution in [-0.2, 0) is 27.2 Å². The second-order valence-corrected chi connectivity index (χ2v) is 7.98. The molecule has 1 atom stereocenters. The molecule has 7 nitrogen and oxygen atoms in total. The second-order valence-electron chi connectivity index (χ2n) is 7.98. The van der Waals surface area contributed by atoms with Crippen molar-refractivity contribution in [3.63, 3.8) is 0 Å². The maximum absolute atomic E-state index is 12.6. The van der Waals surface area contributed by atoms with Crippen molar-refractivity contribution >= 4 is 11.6 Å². The summed E-state index contributed by atoms with van der Waals surface area (Å²) >= 11 is 0. The van der Waals surface area contributed by atoms with Gasteiger partial charge in [0.05, 0.1) is 12.3 Å². The number of carbonyl (C=O) groups excluding carboxylic acids is 1. The van der Waals surface area contributed by atoms with E-state index in [0.717, 1.165) is 41.8 Å². The molecule has 0 spiro atoms. The number of carbonyl (C=O) groups is 1. The van der Waals surface area contributed by atoms with Gasteiger partial charge in [-0.1, -0.05) is 6.07 Å². The van der Waals surface area contributed by atoms with E-state index in [4.69, 9.17) is 14.2 Å². The number of rotatable bonds is 8. The lowest BCUT2D eigenvalue weighted by atomic mass is 9.94. The minimum Gasteiger partial charge on any atom is -0.476 e. The molecule has 2 aromatic rings. The third-order valence-electron chi connectivity index (χ3n) is 5.80. The molecule has 1 amide bonds. The fourth-order valence-electron chi connectivity index (χ4n) is 3.90. The highest BCUT2D eigenvalue weighted by molar-refractivity contribution is 5.94. The summed E-state index contributed by atoms with van der Waals surface area (Å²) < 4.78 is 18.5.